The van der Waals surface area contributed by atoms with Crippen LogP contribution in [0, 0.1) is 0 Å². The summed E-state index contributed by atoms with van der Waals surface area (Å²) in [6.45, 7) is 1.91. The molecular weight excluding hydrogens is 323 g/mol. The fraction of sp³-hybridized carbons (Fsp3) is 0.235. The maximum absolute atomic E-state index is 12.1. The summed E-state index contributed by atoms with van der Waals surface area (Å²) in [6, 6.07) is 15.6. The highest BCUT2D eigenvalue weighted by Crippen LogP contribution is 2.59. The number of hydrogen-bond acceptors (Lipinski definition) is 1. The van der Waals surface area contributed by atoms with Crippen molar-refractivity contribution in [3.63, 3.8) is 0 Å². The van der Waals surface area contributed by atoms with E-state index in [-0.39, 0.29) is 5.78 Å². The van der Waals surface area contributed by atoms with Gasteiger partial charge in [0.2, 0.25) is 0 Å². The Kier molecular flexibility index (Phi) is 5.37. The van der Waals surface area contributed by atoms with Crippen molar-refractivity contribution < 1.29 is 4.79 Å². The van der Waals surface area contributed by atoms with Crippen LogP contribution in [0.15, 0.2) is 58.3 Å². The number of Topliss-reactive ketones (excluding diaryl/α,β-unsaturated/α-hetero) is 1. The SMILES string of the molecule is CCC(=O)CS(C)(c1ccc(Cl)cc1)c1ccc(Cl)cc1. The van der Waals surface area contributed by atoms with Gasteiger partial charge >= 0.3 is 0 Å². The maximum Gasteiger partial charge on any atom is 0.141 e. The van der Waals surface area contributed by atoms with E-state index in [2.05, 4.69) is 6.26 Å². The van der Waals surface area contributed by atoms with Crippen molar-refractivity contribution in [1.29, 1.82) is 0 Å². The van der Waals surface area contributed by atoms with E-state index in [4.69, 9.17) is 23.2 Å². The van der Waals surface area contributed by atoms with Gasteiger partial charge in [0.1, 0.15) is 5.78 Å². The second kappa shape index (κ2) is 6.87. The summed E-state index contributed by atoms with van der Waals surface area (Å²) in [5.74, 6) is 0.824. The van der Waals surface area contributed by atoms with E-state index in [9.17, 15) is 4.79 Å². The first-order valence-corrected chi connectivity index (χ1v) is 9.71. The number of hydrogen-bond donors (Lipinski definition) is 0. The third-order valence-corrected chi connectivity index (χ3v) is 7.54. The molecular formula is C17H18Cl2OS. The zero-order valence-corrected chi connectivity index (χ0v) is 14.4. The Labute approximate surface area is 137 Å². The monoisotopic (exact) mass is 340 g/mol. The first-order chi connectivity index (χ1) is 9.95. The summed E-state index contributed by atoms with van der Waals surface area (Å²) in [7, 11) is -1.41. The lowest BCUT2D eigenvalue weighted by Gasteiger charge is -2.36. The van der Waals surface area contributed by atoms with Crippen molar-refractivity contribution in [1.82, 2.24) is 0 Å². The van der Waals surface area contributed by atoms with Crippen molar-refractivity contribution in [2.24, 2.45) is 0 Å². The molecule has 1 nitrogen and oxygen atoms in total. The molecule has 0 aliphatic carbocycles. The minimum Gasteiger partial charge on any atom is -0.299 e. The molecule has 0 amide bonds. The highest BCUT2D eigenvalue weighted by molar-refractivity contribution is 8.33. The average Bonchev–Trinajstić information content (AvgIpc) is 2.48. The summed E-state index contributed by atoms with van der Waals surface area (Å²) < 4.78 is 0. The number of benzene rings is 2. The van der Waals surface area contributed by atoms with Gasteiger partial charge < -0.3 is 0 Å². The topological polar surface area (TPSA) is 17.1 Å². The second-order valence-electron chi connectivity index (χ2n) is 5.03. The first kappa shape index (κ1) is 16.4. The van der Waals surface area contributed by atoms with Gasteiger partial charge in [0.15, 0.2) is 0 Å². The van der Waals surface area contributed by atoms with Gasteiger partial charge in [-0.05, 0) is 64.6 Å². The van der Waals surface area contributed by atoms with Crippen molar-refractivity contribution in [3.8, 4) is 0 Å². The molecule has 0 N–H and O–H groups in total. The minimum atomic E-state index is -1.41. The van der Waals surface area contributed by atoms with Crippen LogP contribution in [0.5, 0.6) is 0 Å². The fourth-order valence-electron chi connectivity index (χ4n) is 2.20. The normalized spacial score (nSPS) is 12.2. The third-order valence-electron chi connectivity index (χ3n) is 3.51. The summed E-state index contributed by atoms with van der Waals surface area (Å²) in [6.07, 6.45) is 2.73. The van der Waals surface area contributed by atoms with Gasteiger partial charge in [-0.1, -0.05) is 30.1 Å². The Morgan fingerprint density at radius 1 is 0.905 bits per heavy atom. The lowest BCUT2D eigenvalue weighted by atomic mass is 10.3. The third kappa shape index (κ3) is 3.82. The summed E-state index contributed by atoms with van der Waals surface area (Å²) in [5.41, 5.74) is 0. The molecule has 0 heterocycles. The summed E-state index contributed by atoms with van der Waals surface area (Å²) in [4.78, 5) is 14.4. The number of rotatable bonds is 5. The minimum absolute atomic E-state index is 0.275. The molecule has 0 bridgehead atoms. The van der Waals surface area contributed by atoms with Gasteiger partial charge in [0.25, 0.3) is 0 Å². The predicted octanol–water partition coefficient (Wildman–Crippen LogP) is 5.82. The first-order valence-electron chi connectivity index (χ1n) is 6.74. The van der Waals surface area contributed by atoms with Crippen molar-refractivity contribution in [3.05, 3.63) is 58.6 Å². The molecule has 0 fully saturated rings. The molecule has 0 spiro atoms. The molecule has 0 radical (unpaired) electrons. The molecule has 0 aromatic heterocycles. The van der Waals surface area contributed by atoms with E-state index in [1.165, 1.54) is 0 Å². The zero-order valence-electron chi connectivity index (χ0n) is 12.1. The molecule has 112 valence electrons. The van der Waals surface area contributed by atoms with Gasteiger partial charge in [0, 0.05) is 22.2 Å². The number of halogens is 2. The van der Waals surface area contributed by atoms with Gasteiger partial charge in [-0.25, -0.2) is 0 Å². The van der Waals surface area contributed by atoms with Crippen LogP contribution in [-0.4, -0.2) is 17.8 Å². The Morgan fingerprint density at radius 3 is 1.62 bits per heavy atom. The molecule has 0 unspecified atom stereocenters. The molecule has 2 aromatic rings. The number of carbonyl (C=O) groups is 1. The zero-order chi connectivity index (χ0) is 15.5. The Balaban J connectivity index is 2.50. The molecule has 2 aromatic carbocycles. The van der Waals surface area contributed by atoms with E-state index >= 15 is 0 Å². The second-order valence-corrected chi connectivity index (χ2v) is 9.31. The summed E-state index contributed by atoms with van der Waals surface area (Å²) >= 11 is 12.0. The lowest BCUT2D eigenvalue weighted by Crippen LogP contribution is -2.13. The predicted molar refractivity (Wildman–Crippen MR) is 93.1 cm³/mol. The van der Waals surface area contributed by atoms with E-state index in [0.717, 1.165) is 9.79 Å². The molecule has 0 saturated heterocycles. The molecule has 0 saturated carbocycles. The van der Waals surface area contributed by atoms with Crippen molar-refractivity contribution >= 4 is 39.0 Å². The fourth-order valence-corrected chi connectivity index (χ4v) is 5.38. The highest BCUT2D eigenvalue weighted by Gasteiger charge is 2.25. The number of carbonyl (C=O) groups excluding carboxylic acids is 1. The van der Waals surface area contributed by atoms with Crippen LogP contribution in [0.25, 0.3) is 0 Å². The average molecular weight is 341 g/mol. The van der Waals surface area contributed by atoms with Crippen LogP contribution in [0.1, 0.15) is 13.3 Å². The van der Waals surface area contributed by atoms with Gasteiger partial charge in [-0.15, -0.1) is 0 Å². The van der Waals surface area contributed by atoms with Crippen LogP contribution >= 0.6 is 33.2 Å². The smallest absolute Gasteiger partial charge is 0.141 e. The van der Waals surface area contributed by atoms with Crippen molar-refractivity contribution in [2.75, 3.05) is 12.0 Å². The molecule has 2 rings (SSSR count). The van der Waals surface area contributed by atoms with Gasteiger partial charge in [-0.3, -0.25) is 4.79 Å². The molecule has 0 aliphatic rings. The standard InChI is InChI=1S/C17H18Cl2OS/c1-3-15(20)12-21(2,16-8-4-13(18)5-9-16)17-10-6-14(19)7-11-17/h4-11H,3,12H2,1-2H3. The lowest BCUT2D eigenvalue weighted by molar-refractivity contribution is -0.116. The van der Waals surface area contributed by atoms with E-state index in [1.807, 2.05) is 55.5 Å². The maximum atomic E-state index is 12.1. The largest absolute Gasteiger partial charge is 0.299 e. The molecule has 21 heavy (non-hydrogen) atoms. The van der Waals surface area contributed by atoms with Crippen LogP contribution in [0.3, 0.4) is 0 Å². The van der Waals surface area contributed by atoms with Crippen molar-refractivity contribution in [2.45, 2.75) is 23.1 Å². The van der Waals surface area contributed by atoms with E-state index in [0.29, 0.717) is 22.2 Å². The summed E-state index contributed by atoms with van der Waals surface area (Å²) in [5, 5.41) is 1.41. The molecule has 0 aliphatic heterocycles. The Morgan fingerprint density at radius 2 is 1.29 bits per heavy atom. The molecule has 0 atom stereocenters. The van der Waals surface area contributed by atoms with Crippen LogP contribution in [0.4, 0.5) is 0 Å². The molecule has 4 heteroatoms. The van der Waals surface area contributed by atoms with Gasteiger partial charge in [-0.2, -0.15) is 10.0 Å². The highest BCUT2D eigenvalue weighted by atomic mass is 35.5. The van der Waals surface area contributed by atoms with Crippen LogP contribution in [0.2, 0.25) is 10.0 Å². The number of ketones is 1. The van der Waals surface area contributed by atoms with Gasteiger partial charge in [0.05, 0.1) is 0 Å². The van der Waals surface area contributed by atoms with Crippen LogP contribution in [-0.2, 0) is 4.79 Å². The van der Waals surface area contributed by atoms with Crippen LogP contribution < -0.4 is 0 Å². The quantitative estimate of drug-likeness (QED) is 0.669. The Bertz CT molecular complexity index is 575. The Hall–Kier alpha value is -0.960. The van der Waals surface area contributed by atoms with E-state index in [1.54, 1.807) is 0 Å². The van der Waals surface area contributed by atoms with E-state index < -0.39 is 10.0 Å².